The molecule has 0 saturated heterocycles. The van der Waals surface area contributed by atoms with Crippen LogP contribution in [0, 0.1) is 10.1 Å². The largest absolute Gasteiger partial charge is 0.494 e. The summed E-state index contributed by atoms with van der Waals surface area (Å²) in [6.07, 6.45) is 3.75. The van der Waals surface area contributed by atoms with Crippen LogP contribution in [0.4, 0.5) is 5.69 Å². The smallest absolute Gasteiger partial charge is 0.269 e. The highest BCUT2D eigenvalue weighted by atomic mass is 16.6. The fourth-order valence-corrected chi connectivity index (χ4v) is 2.62. The highest BCUT2D eigenvalue weighted by Crippen LogP contribution is 2.16. The molecule has 0 spiro atoms. The fourth-order valence-electron chi connectivity index (χ4n) is 2.62. The summed E-state index contributed by atoms with van der Waals surface area (Å²) < 4.78 is 5.59. The number of unbranched alkanes of at least 4 members (excludes halogenated alkanes) is 1. The number of hydrogen-bond donors (Lipinski definition) is 3. The van der Waals surface area contributed by atoms with Gasteiger partial charge in [-0.25, -0.2) is 0 Å². The molecular formula is C23H27N3O6. The molecule has 9 heteroatoms. The molecule has 32 heavy (non-hydrogen) atoms. The third-order valence-electron chi connectivity index (χ3n) is 4.41. The summed E-state index contributed by atoms with van der Waals surface area (Å²) in [4.78, 5) is 35.6. The number of rotatable bonds is 12. The molecule has 9 nitrogen and oxygen atoms in total. The van der Waals surface area contributed by atoms with E-state index in [4.69, 9.17) is 9.84 Å². The van der Waals surface area contributed by atoms with Crippen molar-refractivity contribution in [3.8, 4) is 5.75 Å². The van der Waals surface area contributed by atoms with Crippen molar-refractivity contribution < 1.29 is 24.4 Å². The molecule has 0 aliphatic heterocycles. The molecule has 0 unspecified atom stereocenters. The first-order valence-electron chi connectivity index (χ1n) is 10.3. The molecule has 0 heterocycles. The maximum absolute atomic E-state index is 12.7. The lowest BCUT2D eigenvalue weighted by atomic mass is 10.1. The number of amides is 2. The summed E-state index contributed by atoms with van der Waals surface area (Å²) in [5, 5.41) is 24.9. The molecule has 0 bridgehead atoms. The van der Waals surface area contributed by atoms with Crippen molar-refractivity contribution in [1.29, 1.82) is 0 Å². The van der Waals surface area contributed by atoms with Gasteiger partial charge in [0.05, 0.1) is 11.5 Å². The summed E-state index contributed by atoms with van der Waals surface area (Å²) in [5.74, 6) is -0.376. The molecule has 0 aliphatic rings. The van der Waals surface area contributed by atoms with Crippen molar-refractivity contribution in [2.24, 2.45) is 0 Å². The molecule has 3 N–H and O–H groups in total. The first-order valence-corrected chi connectivity index (χ1v) is 10.3. The Morgan fingerprint density at radius 2 is 1.78 bits per heavy atom. The van der Waals surface area contributed by atoms with Crippen LogP contribution in [0.2, 0.25) is 0 Å². The van der Waals surface area contributed by atoms with Gasteiger partial charge in [-0.05, 0) is 60.9 Å². The van der Waals surface area contributed by atoms with E-state index in [0.29, 0.717) is 29.9 Å². The number of ether oxygens (including phenoxy) is 1. The first kappa shape index (κ1) is 24.5. The quantitative estimate of drug-likeness (QED) is 0.201. The lowest BCUT2D eigenvalue weighted by Gasteiger charge is -2.11. The SMILES string of the molecule is CCCCOc1ccc(C(=O)NC(=Cc2ccc([N+](=O)[O-])cc2)C(=O)NCCCO)cc1. The van der Waals surface area contributed by atoms with Crippen molar-refractivity contribution >= 4 is 23.6 Å². The van der Waals surface area contributed by atoms with Crippen LogP contribution in [0.3, 0.4) is 0 Å². The van der Waals surface area contributed by atoms with Gasteiger partial charge >= 0.3 is 0 Å². The minimum absolute atomic E-state index is 0.0231. The number of hydrogen-bond acceptors (Lipinski definition) is 6. The molecule has 0 fully saturated rings. The summed E-state index contributed by atoms with van der Waals surface area (Å²) in [7, 11) is 0. The zero-order valence-corrected chi connectivity index (χ0v) is 17.9. The van der Waals surface area contributed by atoms with Gasteiger partial charge in [-0.3, -0.25) is 19.7 Å². The van der Waals surface area contributed by atoms with Crippen LogP contribution < -0.4 is 15.4 Å². The Kier molecular flexibility index (Phi) is 9.86. The van der Waals surface area contributed by atoms with Crippen molar-refractivity contribution in [2.75, 3.05) is 19.8 Å². The van der Waals surface area contributed by atoms with Gasteiger partial charge in [-0.15, -0.1) is 0 Å². The average molecular weight is 441 g/mol. The molecule has 2 aromatic carbocycles. The highest BCUT2D eigenvalue weighted by Gasteiger charge is 2.15. The van der Waals surface area contributed by atoms with Crippen molar-refractivity contribution in [3.63, 3.8) is 0 Å². The molecule has 0 atom stereocenters. The van der Waals surface area contributed by atoms with Gasteiger partial charge in [0.25, 0.3) is 17.5 Å². The van der Waals surface area contributed by atoms with Crippen LogP contribution in [0.15, 0.2) is 54.2 Å². The Hall–Kier alpha value is -3.72. The molecule has 2 rings (SSSR count). The monoisotopic (exact) mass is 441 g/mol. The van der Waals surface area contributed by atoms with E-state index in [0.717, 1.165) is 12.8 Å². The van der Waals surface area contributed by atoms with E-state index in [1.165, 1.54) is 30.3 Å². The van der Waals surface area contributed by atoms with Crippen LogP contribution >= 0.6 is 0 Å². The van der Waals surface area contributed by atoms with Gasteiger partial charge in [0.15, 0.2) is 0 Å². The Morgan fingerprint density at radius 3 is 2.38 bits per heavy atom. The molecule has 0 aliphatic carbocycles. The predicted octanol–water partition coefficient (Wildman–Crippen LogP) is 3.04. The van der Waals surface area contributed by atoms with Gasteiger partial charge in [-0.1, -0.05) is 13.3 Å². The van der Waals surface area contributed by atoms with Crippen LogP contribution in [-0.4, -0.2) is 41.6 Å². The van der Waals surface area contributed by atoms with Crippen molar-refractivity contribution in [3.05, 3.63) is 75.5 Å². The Labute approximate surface area is 186 Å². The minimum Gasteiger partial charge on any atom is -0.494 e. The second-order valence-corrected chi connectivity index (χ2v) is 6.92. The Morgan fingerprint density at radius 1 is 1.09 bits per heavy atom. The average Bonchev–Trinajstić information content (AvgIpc) is 2.79. The zero-order valence-electron chi connectivity index (χ0n) is 17.9. The third kappa shape index (κ3) is 7.84. The zero-order chi connectivity index (χ0) is 23.3. The topological polar surface area (TPSA) is 131 Å². The highest BCUT2D eigenvalue weighted by molar-refractivity contribution is 6.05. The van der Waals surface area contributed by atoms with Gasteiger partial charge in [0, 0.05) is 30.8 Å². The lowest BCUT2D eigenvalue weighted by Crippen LogP contribution is -2.35. The summed E-state index contributed by atoms with van der Waals surface area (Å²) >= 11 is 0. The van der Waals surface area contributed by atoms with Gasteiger partial charge < -0.3 is 20.5 Å². The maximum atomic E-state index is 12.7. The number of nitrogens with one attached hydrogen (secondary N) is 2. The second-order valence-electron chi connectivity index (χ2n) is 6.92. The number of nitrogens with zero attached hydrogens (tertiary/aromatic N) is 1. The molecule has 0 aromatic heterocycles. The number of nitro benzene ring substituents is 1. The second kappa shape index (κ2) is 12.9. The van der Waals surface area contributed by atoms with Crippen molar-refractivity contribution in [2.45, 2.75) is 26.2 Å². The van der Waals surface area contributed by atoms with E-state index in [9.17, 15) is 19.7 Å². The summed E-state index contributed by atoms with van der Waals surface area (Å²) in [6.45, 7) is 2.81. The number of benzene rings is 2. The molecule has 170 valence electrons. The van der Waals surface area contributed by atoms with E-state index >= 15 is 0 Å². The number of aliphatic hydroxyl groups is 1. The summed E-state index contributed by atoms with van der Waals surface area (Å²) in [6, 6.07) is 12.2. The predicted molar refractivity (Wildman–Crippen MR) is 120 cm³/mol. The van der Waals surface area contributed by atoms with Gasteiger partial charge in [0.1, 0.15) is 11.4 Å². The Balaban J connectivity index is 2.17. The van der Waals surface area contributed by atoms with Crippen molar-refractivity contribution in [1.82, 2.24) is 10.6 Å². The van der Waals surface area contributed by atoms with Crippen LogP contribution in [-0.2, 0) is 4.79 Å². The number of carbonyl (C=O) groups is 2. The van der Waals surface area contributed by atoms with E-state index in [2.05, 4.69) is 17.6 Å². The molecule has 0 saturated carbocycles. The summed E-state index contributed by atoms with van der Waals surface area (Å²) in [5.41, 5.74) is 0.736. The standard InChI is InChI=1S/C23H27N3O6/c1-2-3-15-32-20-11-7-18(8-12-20)22(28)25-21(23(29)24-13-4-14-27)16-17-5-9-19(10-6-17)26(30)31/h5-12,16,27H,2-4,13-15H2,1H3,(H,24,29)(H,25,28). The fraction of sp³-hybridized carbons (Fsp3) is 0.304. The molecular weight excluding hydrogens is 414 g/mol. The van der Waals surface area contributed by atoms with E-state index in [1.807, 2.05) is 0 Å². The van der Waals surface area contributed by atoms with Gasteiger partial charge in [0.2, 0.25) is 0 Å². The minimum atomic E-state index is -0.537. The number of carbonyl (C=O) groups excluding carboxylic acids is 2. The van der Waals surface area contributed by atoms with Crippen LogP contribution in [0.1, 0.15) is 42.1 Å². The van der Waals surface area contributed by atoms with E-state index < -0.39 is 16.7 Å². The molecule has 0 radical (unpaired) electrons. The van der Waals surface area contributed by atoms with E-state index in [1.54, 1.807) is 24.3 Å². The number of nitro groups is 1. The molecule has 2 amide bonds. The molecule has 2 aromatic rings. The van der Waals surface area contributed by atoms with Crippen LogP contribution in [0.25, 0.3) is 6.08 Å². The van der Waals surface area contributed by atoms with Crippen LogP contribution in [0.5, 0.6) is 5.75 Å². The lowest BCUT2D eigenvalue weighted by molar-refractivity contribution is -0.384. The maximum Gasteiger partial charge on any atom is 0.269 e. The Bertz CT molecular complexity index is 939. The third-order valence-corrected chi connectivity index (χ3v) is 4.41. The van der Waals surface area contributed by atoms with Gasteiger partial charge in [-0.2, -0.15) is 0 Å². The number of aliphatic hydroxyl groups excluding tert-OH is 1. The number of non-ortho nitro benzene ring substituents is 1. The first-order chi connectivity index (χ1) is 15.4. The van der Waals surface area contributed by atoms with E-state index in [-0.39, 0.29) is 24.5 Å². The normalized spacial score (nSPS) is 11.0.